The van der Waals surface area contributed by atoms with E-state index in [0.717, 1.165) is 25.3 Å². The van der Waals surface area contributed by atoms with Crippen molar-refractivity contribution < 1.29 is 9.90 Å². The van der Waals surface area contributed by atoms with Crippen LogP contribution in [0.5, 0.6) is 0 Å². The van der Waals surface area contributed by atoms with Crippen LogP contribution in [-0.2, 0) is 6.54 Å². The number of hydrogen-bond acceptors (Lipinski definition) is 3. The van der Waals surface area contributed by atoms with Gasteiger partial charge in [0.05, 0.1) is 11.3 Å². The van der Waals surface area contributed by atoms with E-state index in [0.29, 0.717) is 0 Å². The predicted octanol–water partition coefficient (Wildman–Crippen LogP) is 2.16. The second-order valence-corrected chi connectivity index (χ2v) is 4.53. The molecule has 4 nitrogen and oxygen atoms in total. The van der Waals surface area contributed by atoms with Crippen LogP contribution in [0.1, 0.15) is 41.7 Å². The topological polar surface area (TPSA) is 53.4 Å². The Morgan fingerprint density at radius 3 is 2.47 bits per heavy atom. The van der Waals surface area contributed by atoms with Gasteiger partial charge in [0.25, 0.3) is 0 Å². The fraction of sp³-hybridized carbons (Fsp3) is 0.538. The Morgan fingerprint density at radius 2 is 1.94 bits per heavy atom. The summed E-state index contributed by atoms with van der Waals surface area (Å²) >= 11 is 0. The first-order chi connectivity index (χ1) is 8.25. The van der Waals surface area contributed by atoms with E-state index in [-0.39, 0.29) is 5.56 Å². The Hall–Kier alpha value is -1.42. The molecule has 1 aromatic rings. The molecule has 0 spiro atoms. The van der Waals surface area contributed by atoms with Crippen molar-refractivity contribution in [2.45, 2.75) is 32.2 Å². The molecule has 0 atom stereocenters. The van der Waals surface area contributed by atoms with Crippen LogP contribution >= 0.6 is 0 Å². The largest absolute Gasteiger partial charge is 0.478 e. The molecule has 0 radical (unpaired) electrons. The van der Waals surface area contributed by atoms with Crippen LogP contribution in [0.2, 0.25) is 0 Å². The normalized spacial score (nSPS) is 17.6. The van der Waals surface area contributed by atoms with Gasteiger partial charge in [-0.3, -0.25) is 9.88 Å². The fourth-order valence-corrected chi connectivity index (χ4v) is 2.17. The molecule has 92 valence electrons. The summed E-state index contributed by atoms with van der Waals surface area (Å²) in [5.41, 5.74) is 1.21. The van der Waals surface area contributed by atoms with Crippen LogP contribution in [0.15, 0.2) is 18.3 Å². The van der Waals surface area contributed by atoms with E-state index in [4.69, 9.17) is 5.11 Å². The molecule has 2 heterocycles. The number of carboxylic acids is 1. The van der Waals surface area contributed by atoms with Gasteiger partial charge in [-0.15, -0.1) is 0 Å². The van der Waals surface area contributed by atoms with Crippen molar-refractivity contribution in [2.75, 3.05) is 13.1 Å². The van der Waals surface area contributed by atoms with E-state index in [9.17, 15) is 4.79 Å². The molecule has 2 rings (SSSR count). The summed E-state index contributed by atoms with van der Waals surface area (Å²) in [7, 11) is 0. The standard InChI is InChI=1S/C13H18N2O2/c16-13(17)11-5-6-12(14-9-11)10-15-7-3-1-2-4-8-15/h5-6,9H,1-4,7-8,10H2,(H,16,17). The second kappa shape index (κ2) is 5.77. The molecular weight excluding hydrogens is 216 g/mol. The fourth-order valence-electron chi connectivity index (χ4n) is 2.17. The predicted molar refractivity (Wildman–Crippen MR) is 64.9 cm³/mol. The molecule has 1 fully saturated rings. The number of hydrogen-bond donors (Lipinski definition) is 1. The number of pyridine rings is 1. The van der Waals surface area contributed by atoms with Crippen LogP contribution in [0.25, 0.3) is 0 Å². The third-order valence-electron chi connectivity index (χ3n) is 3.16. The zero-order chi connectivity index (χ0) is 12.1. The Morgan fingerprint density at radius 1 is 1.24 bits per heavy atom. The van der Waals surface area contributed by atoms with Gasteiger partial charge >= 0.3 is 5.97 Å². The molecule has 1 N–H and O–H groups in total. The van der Waals surface area contributed by atoms with Gasteiger partial charge in [0.2, 0.25) is 0 Å². The van der Waals surface area contributed by atoms with Crippen LogP contribution in [-0.4, -0.2) is 34.0 Å². The molecule has 1 aliphatic heterocycles. The lowest BCUT2D eigenvalue weighted by molar-refractivity contribution is 0.0696. The Kier molecular flexibility index (Phi) is 4.09. The first-order valence-electron chi connectivity index (χ1n) is 6.16. The summed E-state index contributed by atoms with van der Waals surface area (Å²) < 4.78 is 0. The molecule has 0 bridgehead atoms. The van der Waals surface area contributed by atoms with Gasteiger partial charge in [0, 0.05) is 12.7 Å². The number of rotatable bonds is 3. The van der Waals surface area contributed by atoms with Gasteiger partial charge in [-0.1, -0.05) is 12.8 Å². The Bertz CT molecular complexity index is 368. The minimum absolute atomic E-state index is 0.254. The number of carboxylic acid groups (broad SMARTS) is 1. The van der Waals surface area contributed by atoms with E-state index in [1.165, 1.54) is 31.9 Å². The first kappa shape index (κ1) is 12.0. The average Bonchev–Trinajstić information content (AvgIpc) is 2.58. The third-order valence-corrected chi connectivity index (χ3v) is 3.16. The number of carbonyl (C=O) groups is 1. The minimum atomic E-state index is -0.918. The summed E-state index contributed by atoms with van der Waals surface area (Å²) in [6, 6.07) is 3.44. The molecule has 0 amide bonds. The number of likely N-dealkylation sites (tertiary alicyclic amines) is 1. The highest BCUT2D eigenvalue weighted by Crippen LogP contribution is 2.12. The van der Waals surface area contributed by atoms with Crippen molar-refractivity contribution in [1.29, 1.82) is 0 Å². The van der Waals surface area contributed by atoms with Crippen molar-refractivity contribution >= 4 is 5.97 Å². The molecule has 0 unspecified atom stereocenters. The molecular formula is C13H18N2O2. The summed E-state index contributed by atoms with van der Waals surface area (Å²) in [5.74, 6) is -0.918. The lowest BCUT2D eigenvalue weighted by Crippen LogP contribution is -2.24. The molecule has 1 aromatic heterocycles. The zero-order valence-electron chi connectivity index (χ0n) is 9.93. The third kappa shape index (κ3) is 3.53. The van der Waals surface area contributed by atoms with Gasteiger partial charge in [0.1, 0.15) is 0 Å². The quantitative estimate of drug-likeness (QED) is 0.870. The highest BCUT2D eigenvalue weighted by atomic mass is 16.4. The Balaban J connectivity index is 1.95. The van der Waals surface area contributed by atoms with Crippen molar-refractivity contribution in [3.63, 3.8) is 0 Å². The molecule has 0 aromatic carbocycles. The molecule has 17 heavy (non-hydrogen) atoms. The first-order valence-corrected chi connectivity index (χ1v) is 6.16. The highest BCUT2D eigenvalue weighted by Gasteiger charge is 2.10. The van der Waals surface area contributed by atoms with E-state index >= 15 is 0 Å². The van der Waals surface area contributed by atoms with Gasteiger partial charge < -0.3 is 5.11 Å². The van der Waals surface area contributed by atoms with Gasteiger partial charge in [0.15, 0.2) is 0 Å². The SMILES string of the molecule is O=C(O)c1ccc(CN2CCCCCC2)nc1. The van der Waals surface area contributed by atoms with Crippen LogP contribution in [0.3, 0.4) is 0 Å². The molecule has 1 saturated heterocycles. The van der Waals surface area contributed by atoms with Crippen LogP contribution in [0.4, 0.5) is 0 Å². The van der Waals surface area contributed by atoms with Crippen molar-refractivity contribution in [1.82, 2.24) is 9.88 Å². The van der Waals surface area contributed by atoms with E-state index < -0.39 is 5.97 Å². The van der Waals surface area contributed by atoms with Gasteiger partial charge in [-0.05, 0) is 38.1 Å². The molecule has 0 saturated carbocycles. The van der Waals surface area contributed by atoms with E-state index in [1.807, 2.05) is 6.07 Å². The van der Waals surface area contributed by atoms with Crippen molar-refractivity contribution in [3.8, 4) is 0 Å². The maximum atomic E-state index is 10.7. The second-order valence-electron chi connectivity index (χ2n) is 4.53. The van der Waals surface area contributed by atoms with Gasteiger partial charge in [-0.2, -0.15) is 0 Å². The lowest BCUT2D eigenvalue weighted by Gasteiger charge is -2.18. The highest BCUT2D eigenvalue weighted by molar-refractivity contribution is 5.87. The van der Waals surface area contributed by atoms with Gasteiger partial charge in [-0.25, -0.2) is 4.79 Å². The number of aromatic nitrogens is 1. The Labute approximate surface area is 101 Å². The van der Waals surface area contributed by atoms with E-state index in [1.54, 1.807) is 6.07 Å². The summed E-state index contributed by atoms with van der Waals surface area (Å²) in [5, 5.41) is 8.78. The lowest BCUT2D eigenvalue weighted by atomic mass is 10.2. The molecule has 4 heteroatoms. The minimum Gasteiger partial charge on any atom is -0.478 e. The van der Waals surface area contributed by atoms with Crippen molar-refractivity contribution in [2.24, 2.45) is 0 Å². The van der Waals surface area contributed by atoms with Crippen LogP contribution < -0.4 is 0 Å². The van der Waals surface area contributed by atoms with Crippen molar-refractivity contribution in [3.05, 3.63) is 29.6 Å². The monoisotopic (exact) mass is 234 g/mol. The molecule has 1 aliphatic rings. The van der Waals surface area contributed by atoms with Crippen LogP contribution in [0, 0.1) is 0 Å². The summed E-state index contributed by atoms with van der Waals surface area (Å²) in [4.78, 5) is 17.3. The summed E-state index contributed by atoms with van der Waals surface area (Å²) in [6.45, 7) is 3.09. The smallest absolute Gasteiger partial charge is 0.337 e. The van der Waals surface area contributed by atoms with E-state index in [2.05, 4.69) is 9.88 Å². The average molecular weight is 234 g/mol. The number of aromatic carboxylic acids is 1. The molecule has 0 aliphatic carbocycles. The summed E-state index contributed by atoms with van der Waals surface area (Å²) in [6.07, 6.45) is 6.60. The maximum absolute atomic E-state index is 10.7. The number of nitrogens with zero attached hydrogens (tertiary/aromatic N) is 2. The zero-order valence-corrected chi connectivity index (χ0v) is 9.93. The maximum Gasteiger partial charge on any atom is 0.337 e.